The molecule has 0 radical (unpaired) electrons. The van der Waals surface area contributed by atoms with Gasteiger partial charge in [-0.15, -0.1) is 10.2 Å². The molecule has 0 aliphatic carbocycles. The second-order valence-electron chi connectivity index (χ2n) is 4.30. The van der Waals surface area contributed by atoms with E-state index in [1.165, 1.54) is 31.2 Å². The first-order valence-corrected chi connectivity index (χ1v) is 6.68. The Bertz CT molecular complexity index is 1010. The molecule has 0 atom stereocenters. The number of aryl methyl sites for hydroxylation is 1. The predicted octanol–water partition coefficient (Wildman–Crippen LogP) is 0.392. The van der Waals surface area contributed by atoms with Crippen LogP contribution in [0.5, 0.6) is 0 Å². The highest BCUT2D eigenvalue weighted by Crippen LogP contribution is 2.10. The molecule has 0 saturated heterocycles. The molecular weight excluding hydrogens is 297 g/mol. The van der Waals surface area contributed by atoms with Crippen molar-refractivity contribution in [2.24, 2.45) is 0 Å². The Balaban J connectivity index is 2.40. The number of hydrogen-bond donors (Lipinski definition) is 1. The lowest BCUT2D eigenvalue weighted by atomic mass is 10.2. The molecule has 0 saturated carbocycles. The van der Waals surface area contributed by atoms with Gasteiger partial charge in [-0.2, -0.15) is 0 Å². The van der Waals surface area contributed by atoms with Gasteiger partial charge in [-0.3, -0.25) is 9.59 Å². The van der Waals surface area contributed by atoms with Crippen molar-refractivity contribution in [1.29, 1.82) is 0 Å². The average Bonchev–Trinajstić information content (AvgIpc) is 2.81. The minimum absolute atomic E-state index is 0.0430. The topological polar surface area (TPSA) is 84.6 Å². The number of benzene rings is 1. The van der Waals surface area contributed by atoms with Crippen LogP contribution in [-0.2, 0) is 0 Å². The van der Waals surface area contributed by atoms with Gasteiger partial charge in [0.1, 0.15) is 21.8 Å². The van der Waals surface area contributed by atoms with Crippen LogP contribution in [0.1, 0.15) is 11.3 Å². The molecular formula is C13H8FN3O3S. The van der Waals surface area contributed by atoms with Gasteiger partial charge in [-0.25, -0.2) is 8.79 Å². The molecule has 0 fully saturated rings. The molecule has 0 aliphatic rings. The quantitative estimate of drug-likeness (QED) is 0.703. The van der Waals surface area contributed by atoms with Crippen LogP contribution in [0.2, 0.25) is 0 Å². The lowest BCUT2D eigenvalue weighted by Gasteiger charge is -1.97. The van der Waals surface area contributed by atoms with Gasteiger partial charge >= 0.3 is 0 Å². The van der Waals surface area contributed by atoms with Gasteiger partial charge in [0.15, 0.2) is 0 Å². The van der Waals surface area contributed by atoms with Crippen molar-refractivity contribution in [2.75, 3.05) is 0 Å². The summed E-state index contributed by atoms with van der Waals surface area (Å²) < 4.78 is 13.7. The number of fused-ring (bicyclic) bond motifs is 1. The second-order valence-corrected chi connectivity index (χ2v) is 5.28. The Morgan fingerprint density at radius 1 is 1.19 bits per heavy atom. The first kappa shape index (κ1) is 13.4. The Hall–Kier alpha value is -2.61. The summed E-state index contributed by atoms with van der Waals surface area (Å²) in [6.45, 7) is 1.45. The summed E-state index contributed by atoms with van der Waals surface area (Å²) in [5.41, 5.74) is -0.868. The molecule has 0 aliphatic heterocycles. The smallest absolute Gasteiger partial charge is 0.283 e. The van der Waals surface area contributed by atoms with E-state index in [2.05, 4.69) is 10.2 Å². The van der Waals surface area contributed by atoms with Crippen molar-refractivity contribution in [3.05, 3.63) is 66.6 Å². The van der Waals surface area contributed by atoms with E-state index in [4.69, 9.17) is 0 Å². The van der Waals surface area contributed by atoms with E-state index in [1.54, 1.807) is 0 Å². The lowest BCUT2D eigenvalue weighted by Crippen LogP contribution is -2.33. The molecule has 1 aromatic carbocycles. The second kappa shape index (κ2) is 4.74. The Morgan fingerprint density at radius 2 is 1.86 bits per heavy atom. The van der Waals surface area contributed by atoms with Crippen molar-refractivity contribution in [3.8, 4) is 0 Å². The normalized spacial score (nSPS) is 12.7. The van der Waals surface area contributed by atoms with Gasteiger partial charge in [0.2, 0.25) is 4.96 Å². The summed E-state index contributed by atoms with van der Waals surface area (Å²) in [5, 5.41) is 17.6. The lowest BCUT2D eigenvalue weighted by molar-refractivity contribution is 0.508. The molecule has 0 spiro atoms. The number of aliphatic hydroxyl groups is 1. The van der Waals surface area contributed by atoms with Gasteiger partial charge in [0.05, 0.1) is 0 Å². The minimum atomic E-state index is -0.667. The van der Waals surface area contributed by atoms with Crippen LogP contribution in [0.3, 0.4) is 0 Å². The van der Waals surface area contributed by atoms with E-state index >= 15 is 0 Å². The van der Waals surface area contributed by atoms with Crippen molar-refractivity contribution in [3.63, 3.8) is 0 Å². The third-order valence-electron chi connectivity index (χ3n) is 2.91. The Morgan fingerprint density at radius 3 is 2.52 bits per heavy atom. The molecule has 0 bridgehead atoms. The van der Waals surface area contributed by atoms with Gasteiger partial charge in [0.25, 0.3) is 11.1 Å². The minimum Gasteiger partial charge on any atom is -0.506 e. The third kappa shape index (κ3) is 2.09. The maximum atomic E-state index is 12.9. The van der Waals surface area contributed by atoms with Crippen LogP contribution in [0.4, 0.5) is 4.39 Å². The first-order valence-electron chi connectivity index (χ1n) is 5.87. The fourth-order valence-electron chi connectivity index (χ4n) is 1.82. The Labute approximate surface area is 120 Å². The van der Waals surface area contributed by atoms with Crippen molar-refractivity contribution in [1.82, 2.24) is 14.6 Å². The molecule has 21 heavy (non-hydrogen) atoms. The predicted molar refractivity (Wildman–Crippen MR) is 74.9 cm³/mol. The summed E-state index contributed by atoms with van der Waals surface area (Å²) in [7, 11) is 0. The fourth-order valence-corrected chi connectivity index (χ4v) is 2.74. The number of thiazole rings is 1. The molecule has 2 aromatic heterocycles. The largest absolute Gasteiger partial charge is 0.506 e. The van der Waals surface area contributed by atoms with E-state index in [1.807, 2.05) is 0 Å². The van der Waals surface area contributed by atoms with Crippen molar-refractivity contribution < 1.29 is 9.50 Å². The SMILES string of the molecule is Cc1nnc2sc(=C(O)c3ccc(F)cc3)c(=O)n2c1=O. The van der Waals surface area contributed by atoms with Crippen LogP contribution in [0.25, 0.3) is 10.7 Å². The maximum Gasteiger partial charge on any atom is 0.283 e. The zero-order chi connectivity index (χ0) is 15.1. The number of halogens is 1. The number of rotatable bonds is 1. The van der Waals surface area contributed by atoms with Crippen LogP contribution in [0, 0.1) is 12.7 Å². The molecule has 0 amide bonds. The number of aliphatic hydroxyl groups excluding tert-OH is 1. The monoisotopic (exact) mass is 305 g/mol. The van der Waals surface area contributed by atoms with Crippen LogP contribution in [-0.4, -0.2) is 19.7 Å². The van der Waals surface area contributed by atoms with Crippen molar-refractivity contribution in [2.45, 2.75) is 6.92 Å². The van der Waals surface area contributed by atoms with Crippen LogP contribution < -0.4 is 15.7 Å². The molecule has 106 valence electrons. The highest BCUT2D eigenvalue weighted by molar-refractivity contribution is 7.15. The van der Waals surface area contributed by atoms with E-state index in [-0.39, 0.29) is 26.5 Å². The molecule has 3 aromatic rings. The van der Waals surface area contributed by atoms with Crippen LogP contribution in [0.15, 0.2) is 33.9 Å². The highest BCUT2D eigenvalue weighted by Gasteiger charge is 2.13. The van der Waals surface area contributed by atoms with Gasteiger partial charge in [-0.05, 0) is 31.2 Å². The third-order valence-corrected chi connectivity index (χ3v) is 3.93. The van der Waals surface area contributed by atoms with Gasteiger partial charge in [-0.1, -0.05) is 11.3 Å². The van der Waals surface area contributed by atoms with E-state index in [9.17, 15) is 19.1 Å². The molecule has 2 heterocycles. The van der Waals surface area contributed by atoms with E-state index < -0.39 is 16.9 Å². The molecule has 6 nitrogen and oxygen atoms in total. The van der Waals surface area contributed by atoms with Crippen molar-refractivity contribution >= 4 is 22.1 Å². The molecule has 0 unspecified atom stereocenters. The highest BCUT2D eigenvalue weighted by atomic mass is 32.1. The summed E-state index contributed by atoms with van der Waals surface area (Å²) in [6, 6.07) is 5.02. The van der Waals surface area contributed by atoms with Gasteiger partial charge in [0, 0.05) is 5.56 Å². The number of nitrogens with zero attached hydrogens (tertiary/aromatic N) is 3. The summed E-state index contributed by atoms with van der Waals surface area (Å²) in [5.74, 6) is -0.782. The zero-order valence-corrected chi connectivity index (χ0v) is 11.5. The van der Waals surface area contributed by atoms with Gasteiger partial charge < -0.3 is 5.11 Å². The maximum absolute atomic E-state index is 12.9. The fraction of sp³-hybridized carbons (Fsp3) is 0.0769. The standard InChI is InChI=1S/C13H8FN3O3S/c1-6-11(19)17-12(20)10(21-13(17)16-15-6)9(18)7-2-4-8(14)5-3-7/h2-5,18H,1H3. The Kier molecular flexibility index (Phi) is 3.02. The average molecular weight is 305 g/mol. The summed E-state index contributed by atoms with van der Waals surface area (Å²) >= 11 is 0.850. The van der Waals surface area contributed by atoms with E-state index in [0.29, 0.717) is 0 Å². The van der Waals surface area contributed by atoms with Crippen LogP contribution >= 0.6 is 11.3 Å². The number of aromatic nitrogens is 3. The first-order chi connectivity index (χ1) is 9.99. The molecule has 1 N–H and O–H groups in total. The molecule has 8 heteroatoms. The summed E-state index contributed by atoms with van der Waals surface area (Å²) in [4.78, 5) is 24.2. The number of hydrogen-bond acceptors (Lipinski definition) is 6. The zero-order valence-electron chi connectivity index (χ0n) is 10.7. The van der Waals surface area contributed by atoms with E-state index in [0.717, 1.165) is 15.7 Å². The molecule has 3 rings (SSSR count). The summed E-state index contributed by atoms with van der Waals surface area (Å²) in [6.07, 6.45) is 0.